The molecule has 0 saturated heterocycles. The third kappa shape index (κ3) is 2.90. The Morgan fingerprint density at radius 2 is 1.86 bits per heavy atom. The van der Waals surface area contributed by atoms with Crippen molar-refractivity contribution < 1.29 is 13.9 Å². The molecule has 0 aliphatic carbocycles. The summed E-state index contributed by atoms with van der Waals surface area (Å²) in [5.74, 6) is 3.83. The number of aryl methyl sites for hydroxylation is 1. The van der Waals surface area contributed by atoms with E-state index in [1.807, 2.05) is 38.2 Å². The molecule has 3 rings (SSSR count). The van der Waals surface area contributed by atoms with Crippen LogP contribution in [0.2, 0.25) is 0 Å². The molecule has 1 aromatic heterocycles. The Balaban J connectivity index is 1.92. The molecule has 0 radical (unpaired) electrons. The van der Waals surface area contributed by atoms with Crippen LogP contribution in [0.3, 0.4) is 0 Å². The van der Waals surface area contributed by atoms with Crippen LogP contribution in [0.25, 0.3) is 0 Å². The Kier molecular flexibility index (Phi) is 3.88. The Morgan fingerprint density at radius 1 is 1.10 bits per heavy atom. The smallest absolute Gasteiger partial charge is 0.161 e. The molecule has 1 aliphatic heterocycles. The van der Waals surface area contributed by atoms with Crippen molar-refractivity contribution in [1.82, 2.24) is 5.32 Å². The first-order valence-corrected chi connectivity index (χ1v) is 7.30. The highest BCUT2D eigenvalue weighted by Crippen LogP contribution is 2.34. The van der Waals surface area contributed by atoms with Gasteiger partial charge in [0.25, 0.3) is 0 Å². The highest BCUT2D eigenvalue weighted by Gasteiger charge is 2.20. The average Bonchev–Trinajstić information content (AvgIpc) is 2.81. The lowest BCUT2D eigenvalue weighted by atomic mass is 10.0. The van der Waals surface area contributed by atoms with Gasteiger partial charge in [-0.15, -0.1) is 0 Å². The van der Waals surface area contributed by atoms with Crippen molar-refractivity contribution >= 4 is 0 Å². The summed E-state index contributed by atoms with van der Waals surface area (Å²) in [5.41, 5.74) is 1.10. The minimum atomic E-state index is 0.00766. The van der Waals surface area contributed by atoms with Crippen molar-refractivity contribution in [2.75, 3.05) is 20.3 Å². The molecule has 0 fully saturated rings. The van der Waals surface area contributed by atoms with E-state index >= 15 is 0 Å². The molecule has 2 heterocycles. The summed E-state index contributed by atoms with van der Waals surface area (Å²) in [5, 5.41) is 3.29. The molecule has 0 amide bonds. The van der Waals surface area contributed by atoms with Gasteiger partial charge in [-0.2, -0.15) is 0 Å². The lowest BCUT2D eigenvalue weighted by molar-refractivity contribution is 0.228. The van der Waals surface area contributed by atoms with Gasteiger partial charge in [-0.1, -0.05) is 13.0 Å². The SMILES string of the molecule is CNC(c1ccc2c(c1)OCC(C)CO2)c1ccc(C)o1. The van der Waals surface area contributed by atoms with E-state index in [-0.39, 0.29) is 6.04 Å². The van der Waals surface area contributed by atoms with Crippen LogP contribution < -0.4 is 14.8 Å². The van der Waals surface area contributed by atoms with Crippen LogP contribution in [-0.4, -0.2) is 20.3 Å². The third-order valence-electron chi connectivity index (χ3n) is 3.68. The molecular weight excluding hydrogens is 266 g/mol. The largest absolute Gasteiger partial charge is 0.489 e. The zero-order chi connectivity index (χ0) is 14.8. The number of benzene rings is 1. The summed E-state index contributed by atoms with van der Waals surface area (Å²) in [6, 6.07) is 10.0. The van der Waals surface area contributed by atoms with Crippen molar-refractivity contribution in [2.24, 2.45) is 5.92 Å². The monoisotopic (exact) mass is 287 g/mol. The molecule has 0 bridgehead atoms. The Morgan fingerprint density at radius 3 is 2.52 bits per heavy atom. The Bertz CT molecular complexity index is 620. The summed E-state index contributed by atoms with van der Waals surface area (Å²) < 4.78 is 17.4. The number of ether oxygens (including phenoxy) is 2. The van der Waals surface area contributed by atoms with Gasteiger partial charge < -0.3 is 19.2 Å². The van der Waals surface area contributed by atoms with E-state index in [0.717, 1.165) is 28.6 Å². The average molecular weight is 287 g/mol. The van der Waals surface area contributed by atoms with E-state index in [1.54, 1.807) is 0 Å². The fraction of sp³-hybridized carbons (Fsp3) is 0.412. The highest BCUT2D eigenvalue weighted by atomic mass is 16.5. The molecule has 0 spiro atoms. The second kappa shape index (κ2) is 5.82. The summed E-state index contributed by atoms with van der Waals surface area (Å²) in [6.07, 6.45) is 0. The summed E-state index contributed by atoms with van der Waals surface area (Å²) in [7, 11) is 1.92. The minimum absolute atomic E-state index is 0.00766. The van der Waals surface area contributed by atoms with Crippen molar-refractivity contribution in [3.8, 4) is 11.5 Å². The standard InChI is InChI=1S/C17H21NO3/c1-11-9-19-14-7-5-13(8-16(14)20-10-11)17(18-3)15-6-4-12(2)21-15/h4-8,11,17-18H,9-10H2,1-3H3. The van der Waals surface area contributed by atoms with Gasteiger partial charge in [0, 0.05) is 5.92 Å². The van der Waals surface area contributed by atoms with Crippen molar-refractivity contribution in [1.29, 1.82) is 0 Å². The van der Waals surface area contributed by atoms with Gasteiger partial charge in [-0.25, -0.2) is 0 Å². The van der Waals surface area contributed by atoms with Gasteiger partial charge in [-0.05, 0) is 43.8 Å². The second-order valence-electron chi connectivity index (χ2n) is 5.60. The molecule has 2 aromatic rings. The normalized spacial score (nSPS) is 19.1. The van der Waals surface area contributed by atoms with Crippen molar-refractivity contribution in [2.45, 2.75) is 19.9 Å². The molecule has 21 heavy (non-hydrogen) atoms. The van der Waals surface area contributed by atoms with E-state index in [1.165, 1.54) is 0 Å². The molecule has 0 saturated carbocycles. The topological polar surface area (TPSA) is 43.6 Å². The Labute approximate surface area is 125 Å². The van der Waals surface area contributed by atoms with Gasteiger partial charge in [0.05, 0.1) is 19.3 Å². The van der Waals surface area contributed by atoms with Crippen LogP contribution in [0.1, 0.15) is 30.0 Å². The van der Waals surface area contributed by atoms with Gasteiger partial charge in [-0.3, -0.25) is 0 Å². The van der Waals surface area contributed by atoms with Crippen LogP contribution in [0, 0.1) is 12.8 Å². The first-order valence-electron chi connectivity index (χ1n) is 7.30. The van der Waals surface area contributed by atoms with Crippen LogP contribution in [0.4, 0.5) is 0 Å². The summed E-state index contributed by atoms with van der Waals surface area (Å²) in [4.78, 5) is 0. The van der Waals surface area contributed by atoms with E-state index in [4.69, 9.17) is 13.9 Å². The molecule has 1 aromatic carbocycles. The van der Waals surface area contributed by atoms with E-state index in [0.29, 0.717) is 19.1 Å². The molecule has 112 valence electrons. The van der Waals surface area contributed by atoms with Crippen LogP contribution >= 0.6 is 0 Å². The molecule has 4 heteroatoms. The molecule has 4 nitrogen and oxygen atoms in total. The van der Waals surface area contributed by atoms with E-state index < -0.39 is 0 Å². The van der Waals surface area contributed by atoms with Crippen LogP contribution in [-0.2, 0) is 0 Å². The maximum Gasteiger partial charge on any atom is 0.161 e. The number of hydrogen-bond acceptors (Lipinski definition) is 4. The fourth-order valence-electron chi connectivity index (χ4n) is 2.53. The molecule has 1 N–H and O–H groups in total. The highest BCUT2D eigenvalue weighted by molar-refractivity contribution is 5.45. The summed E-state index contributed by atoms with van der Waals surface area (Å²) >= 11 is 0. The number of nitrogens with one attached hydrogen (secondary N) is 1. The number of rotatable bonds is 3. The predicted octanol–water partition coefficient (Wildman–Crippen LogP) is 3.30. The first-order chi connectivity index (χ1) is 10.2. The lowest BCUT2D eigenvalue weighted by Crippen LogP contribution is -2.17. The first kappa shape index (κ1) is 14.0. The van der Waals surface area contributed by atoms with Gasteiger partial charge in [0.2, 0.25) is 0 Å². The van der Waals surface area contributed by atoms with Gasteiger partial charge >= 0.3 is 0 Å². The number of fused-ring (bicyclic) bond motifs is 1. The quantitative estimate of drug-likeness (QED) is 0.940. The van der Waals surface area contributed by atoms with Gasteiger partial charge in [0.1, 0.15) is 11.5 Å². The zero-order valence-corrected chi connectivity index (χ0v) is 12.7. The van der Waals surface area contributed by atoms with E-state index in [2.05, 4.69) is 18.3 Å². The second-order valence-corrected chi connectivity index (χ2v) is 5.60. The number of hydrogen-bond donors (Lipinski definition) is 1. The fourth-order valence-corrected chi connectivity index (χ4v) is 2.53. The van der Waals surface area contributed by atoms with Gasteiger partial charge in [0.15, 0.2) is 11.5 Å². The van der Waals surface area contributed by atoms with E-state index in [9.17, 15) is 0 Å². The van der Waals surface area contributed by atoms with Crippen LogP contribution in [0.5, 0.6) is 11.5 Å². The molecule has 2 atom stereocenters. The Hall–Kier alpha value is -1.94. The molecule has 2 unspecified atom stereocenters. The zero-order valence-electron chi connectivity index (χ0n) is 12.7. The van der Waals surface area contributed by atoms with Crippen molar-refractivity contribution in [3.63, 3.8) is 0 Å². The maximum absolute atomic E-state index is 5.85. The molecular formula is C17H21NO3. The van der Waals surface area contributed by atoms with Crippen molar-refractivity contribution in [3.05, 3.63) is 47.4 Å². The maximum atomic E-state index is 5.85. The number of furan rings is 1. The molecule has 1 aliphatic rings. The summed E-state index contributed by atoms with van der Waals surface area (Å²) in [6.45, 7) is 5.44. The lowest BCUT2D eigenvalue weighted by Gasteiger charge is -2.16. The third-order valence-corrected chi connectivity index (χ3v) is 3.68. The predicted molar refractivity (Wildman–Crippen MR) is 80.9 cm³/mol. The minimum Gasteiger partial charge on any atom is -0.489 e. The van der Waals surface area contributed by atoms with Crippen LogP contribution in [0.15, 0.2) is 34.7 Å².